The second-order valence-corrected chi connectivity index (χ2v) is 8.82. The van der Waals surface area contributed by atoms with Gasteiger partial charge in [0.25, 0.3) is 10.0 Å². The van der Waals surface area contributed by atoms with Gasteiger partial charge in [-0.1, -0.05) is 54.6 Å². The summed E-state index contributed by atoms with van der Waals surface area (Å²) < 4.78 is 33.9. The lowest BCUT2D eigenvalue weighted by atomic mass is 10.0. The first-order chi connectivity index (χ1) is 14.1. The van der Waals surface area contributed by atoms with Crippen LogP contribution in [0.1, 0.15) is 17.5 Å². The second kappa shape index (κ2) is 8.68. The zero-order chi connectivity index (χ0) is 20.1. The van der Waals surface area contributed by atoms with Gasteiger partial charge in [0.1, 0.15) is 11.9 Å². The summed E-state index contributed by atoms with van der Waals surface area (Å²) in [4.78, 5) is 0.238. The molecule has 0 aliphatic carbocycles. The molecule has 1 heterocycles. The predicted molar refractivity (Wildman–Crippen MR) is 115 cm³/mol. The largest absolute Gasteiger partial charge is 0.489 e. The Kier molecular flexibility index (Phi) is 5.83. The molecule has 0 aromatic heterocycles. The topological polar surface area (TPSA) is 67.4 Å². The van der Waals surface area contributed by atoms with Gasteiger partial charge in [-0.3, -0.25) is 4.72 Å². The maximum absolute atomic E-state index is 12.5. The third-order valence-electron chi connectivity index (χ3n) is 4.95. The molecule has 2 N–H and O–H groups in total. The predicted octanol–water partition coefficient (Wildman–Crippen LogP) is 3.97. The summed E-state index contributed by atoms with van der Waals surface area (Å²) in [5.74, 6) is 0.746. The van der Waals surface area contributed by atoms with Crippen molar-refractivity contribution in [3.05, 3.63) is 90.0 Å². The molecule has 0 spiro atoms. The molecule has 3 aromatic carbocycles. The minimum absolute atomic E-state index is 0.0622. The van der Waals surface area contributed by atoms with Crippen molar-refractivity contribution in [3.63, 3.8) is 0 Å². The third-order valence-corrected chi connectivity index (χ3v) is 6.34. The van der Waals surface area contributed by atoms with Crippen LogP contribution in [0.25, 0.3) is 0 Å². The number of aryl methyl sites for hydroxylation is 1. The van der Waals surface area contributed by atoms with Crippen molar-refractivity contribution in [2.45, 2.75) is 30.4 Å². The molecule has 0 saturated heterocycles. The number of fused-ring (bicyclic) bond motifs is 1. The van der Waals surface area contributed by atoms with Gasteiger partial charge in [0.05, 0.1) is 10.6 Å². The first-order valence-electron chi connectivity index (χ1n) is 9.72. The zero-order valence-corrected chi connectivity index (χ0v) is 16.9. The number of ether oxygens (including phenoxy) is 1. The summed E-state index contributed by atoms with van der Waals surface area (Å²) in [7, 11) is -3.62. The number of sulfonamides is 1. The molecule has 1 atom stereocenters. The van der Waals surface area contributed by atoms with Crippen molar-refractivity contribution in [2.75, 3.05) is 11.3 Å². The lowest BCUT2D eigenvalue weighted by Crippen LogP contribution is -2.34. The van der Waals surface area contributed by atoms with E-state index in [0.29, 0.717) is 5.69 Å². The van der Waals surface area contributed by atoms with E-state index in [1.165, 1.54) is 5.56 Å². The van der Waals surface area contributed by atoms with Crippen LogP contribution in [0.2, 0.25) is 0 Å². The van der Waals surface area contributed by atoms with E-state index in [1.54, 1.807) is 42.5 Å². The molecule has 1 unspecified atom stereocenters. The molecule has 0 amide bonds. The Morgan fingerprint density at radius 2 is 1.66 bits per heavy atom. The molecule has 1 aliphatic heterocycles. The highest BCUT2D eigenvalue weighted by atomic mass is 32.2. The summed E-state index contributed by atoms with van der Waals surface area (Å²) in [5, 5.41) is 3.44. The van der Waals surface area contributed by atoms with E-state index >= 15 is 0 Å². The van der Waals surface area contributed by atoms with Crippen LogP contribution in [0, 0.1) is 0 Å². The van der Waals surface area contributed by atoms with Gasteiger partial charge in [0.15, 0.2) is 0 Å². The molecular weight excluding hydrogens is 384 g/mol. The Morgan fingerprint density at radius 1 is 0.931 bits per heavy atom. The Labute approximate surface area is 171 Å². The number of nitrogens with one attached hydrogen (secondary N) is 2. The van der Waals surface area contributed by atoms with Gasteiger partial charge in [0, 0.05) is 19.2 Å². The van der Waals surface area contributed by atoms with E-state index in [1.807, 2.05) is 24.3 Å². The van der Waals surface area contributed by atoms with Crippen molar-refractivity contribution in [1.29, 1.82) is 0 Å². The van der Waals surface area contributed by atoms with E-state index in [4.69, 9.17) is 4.74 Å². The number of anilines is 1. The average Bonchev–Trinajstić information content (AvgIpc) is 2.75. The SMILES string of the molecule is O=S(=O)(Nc1ccc2c(c1)OC(CNCc1ccccc1)CC2)c1ccccc1. The standard InChI is InChI=1S/C23H24N2O3S/c26-29(27,22-9-5-2-6-10-22)25-20-13-11-19-12-14-21(28-23(19)15-20)17-24-16-18-7-3-1-4-8-18/h1-11,13,15,21,24-25H,12,14,16-17H2. The first-order valence-corrected chi connectivity index (χ1v) is 11.2. The van der Waals surface area contributed by atoms with Crippen LogP contribution >= 0.6 is 0 Å². The summed E-state index contributed by atoms with van der Waals surface area (Å²) in [6, 6.07) is 24.1. The van der Waals surface area contributed by atoms with E-state index in [2.05, 4.69) is 22.2 Å². The van der Waals surface area contributed by atoms with Crippen LogP contribution in [-0.2, 0) is 23.0 Å². The number of hydrogen-bond donors (Lipinski definition) is 2. The van der Waals surface area contributed by atoms with Crippen molar-refractivity contribution >= 4 is 15.7 Å². The quantitative estimate of drug-likeness (QED) is 0.621. The summed E-state index contributed by atoms with van der Waals surface area (Å²) in [6.45, 7) is 1.54. The molecule has 1 aliphatic rings. The lowest BCUT2D eigenvalue weighted by Gasteiger charge is -2.27. The van der Waals surface area contributed by atoms with Crippen LogP contribution in [0.5, 0.6) is 5.75 Å². The highest BCUT2D eigenvalue weighted by Gasteiger charge is 2.21. The van der Waals surface area contributed by atoms with Crippen LogP contribution in [-0.4, -0.2) is 21.1 Å². The minimum atomic E-state index is -3.62. The molecule has 0 bridgehead atoms. The molecule has 4 rings (SSSR count). The molecule has 6 heteroatoms. The van der Waals surface area contributed by atoms with Gasteiger partial charge in [0.2, 0.25) is 0 Å². The van der Waals surface area contributed by atoms with E-state index in [-0.39, 0.29) is 11.0 Å². The van der Waals surface area contributed by atoms with E-state index in [0.717, 1.165) is 37.2 Å². The van der Waals surface area contributed by atoms with E-state index < -0.39 is 10.0 Å². The first kappa shape index (κ1) is 19.5. The number of benzene rings is 3. The monoisotopic (exact) mass is 408 g/mol. The molecular formula is C23H24N2O3S. The summed E-state index contributed by atoms with van der Waals surface area (Å²) in [6.07, 6.45) is 1.91. The zero-order valence-electron chi connectivity index (χ0n) is 16.0. The fraction of sp³-hybridized carbons (Fsp3) is 0.217. The molecule has 0 radical (unpaired) electrons. The molecule has 5 nitrogen and oxygen atoms in total. The van der Waals surface area contributed by atoms with Crippen LogP contribution in [0.15, 0.2) is 83.8 Å². The second-order valence-electron chi connectivity index (χ2n) is 7.14. The van der Waals surface area contributed by atoms with Gasteiger partial charge >= 0.3 is 0 Å². The van der Waals surface area contributed by atoms with Gasteiger partial charge in [-0.15, -0.1) is 0 Å². The molecule has 3 aromatic rings. The maximum Gasteiger partial charge on any atom is 0.261 e. The van der Waals surface area contributed by atoms with Gasteiger partial charge in [-0.2, -0.15) is 0 Å². The Balaban J connectivity index is 1.39. The molecule has 0 saturated carbocycles. The molecule has 0 fully saturated rings. The Hall–Kier alpha value is -2.83. The van der Waals surface area contributed by atoms with Crippen molar-refractivity contribution in [3.8, 4) is 5.75 Å². The minimum Gasteiger partial charge on any atom is -0.489 e. The van der Waals surface area contributed by atoms with E-state index in [9.17, 15) is 8.42 Å². The molecule has 150 valence electrons. The fourth-order valence-electron chi connectivity index (χ4n) is 3.42. The smallest absolute Gasteiger partial charge is 0.261 e. The normalized spacial score (nSPS) is 15.9. The van der Waals surface area contributed by atoms with Gasteiger partial charge in [-0.05, 0) is 42.2 Å². The Morgan fingerprint density at radius 3 is 2.41 bits per heavy atom. The van der Waals surface area contributed by atoms with Crippen LogP contribution in [0.4, 0.5) is 5.69 Å². The number of hydrogen-bond acceptors (Lipinski definition) is 4. The van der Waals surface area contributed by atoms with Crippen molar-refractivity contribution in [2.24, 2.45) is 0 Å². The third kappa shape index (κ3) is 4.96. The highest BCUT2D eigenvalue weighted by molar-refractivity contribution is 7.92. The lowest BCUT2D eigenvalue weighted by molar-refractivity contribution is 0.170. The average molecular weight is 409 g/mol. The van der Waals surface area contributed by atoms with Crippen LogP contribution in [0.3, 0.4) is 0 Å². The van der Waals surface area contributed by atoms with Crippen molar-refractivity contribution < 1.29 is 13.2 Å². The maximum atomic E-state index is 12.5. The van der Waals surface area contributed by atoms with Crippen LogP contribution < -0.4 is 14.8 Å². The summed E-state index contributed by atoms with van der Waals surface area (Å²) >= 11 is 0. The highest BCUT2D eigenvalue weighted by Crippen LogP contribution is 2.31. The molecule has 29 heavy (non-hydrogen) atoms. The van der Waals surface area contributed by atoms with Crippen molar-refractivity contribution in [1.82, 2.24) is 5.32 Å². The fourth-order valence-corrected chi connectivity index (χ4v) is 4.49. The van der Waals surface area contributed by atoms with Gasteiger partial charge in [-0.25, -0.2) is 8.42 Å². The van der Waals surface area contributed by atoms with Gasteiger partial charge < -0.3 is 10.1 Å². The Bertz CT molecular complexity index is 1050. The number of rotatable bonds is 7. The summed E-state index contributed by atoms with van der Waals surface area (Å²) in [5.41, 5.74) is 2.85.